The Labute approximate surface area is 151 Å². The Bertz CT molecular complexity index is 623. The number of nitrogens with one attached hydrogen (secondary N) is 2. The number of halogens is 1. The molecular formula is C16H28ClN3O3S. The summed E-state index contributed by atoms with van der Waals surface area (Å²) in [5.74, 6) is -0.0792. The molecular weight excluding hydrogens is 350 g/mol. The molecule has 8 heteroatoms. The number of carbonyl (C=O) groups is 1. The van der Waals surface area contributed by atoms with Crippen LogP contribution in [-0.4, -0.2) is 26.6 Å². The largest absolute Gasteiger partial charge is 0.329 e. The minimum Gasteiger partial charge on any atom is -0.329 e. The summed E-state index contributed by atoms with van der Waals surface area (Å²) in [6.45, 7) is 5.95. The van der Waals surface area contributed by atoms with Gasteiger partial charge in [-0.1, -0.05) is 26.8 Å². The molecule has 0 radical (unpaired) electrons. The Hall–Kier alpha value is -1.31. The number of hydrogen-bond acceptors (Lipinski definition) is 4. The van der Waals surface area contributed by atoms with Gasteiger partial charge in [-0.05, 0) is 37.5 Å². The van der Waals surface area contributed by atoms with Crippen molar-refractivity contribution in [2.24, 2.45) is 11.1 Å². The topological polar surface area (TPSA) is 101 Å². The lowest BCUT2D eigenvalue weighted by Crippen LogP contribution is -2.41. The minimum absolute atomic E-state index is 0. The summed E-state index contributed by atoms with van der Waals surface area (Å²) in [5, 5.41) is 2.84. The van der Waals surface area contributed by atoms with Gasteiger partial charge in [-0.15, -0.1) is 12.4 Å². The maximum atomic E-state index is 12.5. The van der Waals surface area contributed by atoms with Gasteiger partial charge in [0.2, 0.25) is 15.9 Å². The van der Waals surface area contributed by atoms with E-state index < -0.39 is 15.4 Å². The van der Waals surface area contributed by atoms with Crippen molar-refractivity contribution in [3.63, 3.8) is 0 Å². The number of nitrogens with two attached hydrogens (primary N) is 1. The molecule has 0 atom stereocenters. The number of carbonyl (C=O) groups excluding carboxylic acids is 1. The van der Waals surface area contributed by atoms with Crippen LogP contribution in [0.2, 0.25) is 0 Å². The van der Waals surface area contributed by atoms with Crippen LogP contribution in [0.4, 0.5) is 11.4 Å². The average Bonchev–Trinajstić information content (AvgIpc) is 2.49. The zero-order valence-electron chi connectivity index (χ0n) is 14.5. The standard InChI is InChI=1S/C16H27N3O3S.ClH/c1-4-10-23(21,22)19-14-9-7-8-13(11-14)18-15(20)16(5-2,6-3)12-17;/h7-9,11,19H,4-6,10,12,17H2,1-3H3,(H,18,20);1H. The first-order valence-electron chi connectivity index (χ1n) is 7.94. The maximum absolute atomic E-state index is 12.5. The molecule has 0 unspecified atom stereocenters. The molecule has 6 nitrogen and oxygen atoms in total. The van der Waals surface area contributed by atoms with Crippen molar-refractivity contribution in [3.8, 4) is 0 Å². The van der Waals surface area contributed by atoms with Gasteiger partial charge in [0.25, 0.3) is 0 Å². The van der Waals surface area contributed by atoms with Gasteiger partial charge in [0.15, 0.2) is 0 Å². The first-order valence-corrected chi connectivity index (χ1v) is 9.59. The van der Waals surface area contributed by atoms with E-state index in [0.29, 0.717) is 30.6 Å². The highest BCUT2D eigenvalue weighted by atomic mass is 35.5. The van der Waals surface area contributed by atoms with Crippen LogP contribution in [0.25, 0.3) is 0 Å². The van der Waals surface area contributed by atoms with Crippen LogP contribution < -0.4 is 15.8 Å². The van der Waals surface area contributed by atoms with Gasteiger partial charge < -0.3 is 11.1 Å². The van der Waals surface area contributed by atoms with Crippen LogP contribution in [-0.2, 0) is 14.8 Å². The number of benzene rings is 1. The molecule has 0 saturated carbocycles. The zero-order valence-corrected chi connectivity index (χ0v) is 16.1. The van der Waals surface area contributed by atoms with Crippen molar-refractivity contribution in [2.45, 2.75) is 40.0 Å². The first-order chi connectivity index (χ1) is 10.8. The average molecular weight is 378 g/mol. The third-order valence-electron chi connectivity index (χ3n) is 4.09. The van der Waals surface area contributed by atoms with E-state index in [1.807, 2.05) is 13.8 Å². The molecule has 0 aliphatic rings. The molecule has 0 saturated heterocycles. The third-order valence-corrected chi connectivity index (χ3v) is 5.59. The molecule has 138 valence electrons. The predicted octanol–water partition coefficient (Wildman–Crippen LogP) is 2.96. The van der Waals surface area contributed by atoms with Crippen LogP contribution in [0.5, 0.6) is 0 Å². The van der Waals surface area contributed by atoms with Crippen molar-refractivity contribution < 1.29 is 13.2 Å². The highest BCUT2D eigenvalue weighted by molar-refractivity contribution is 7.92. The first kappa shape index (κ1) is 22.7. The van der Waals surface area contributed by atoms with Crippen LogP contribution in [0.1, 0.15) is 40.0 Å². The fourth-order valence-electron chi connectivity index (χ4n) is 2.38. The zero-order chi connectivity index (χ0) is 17.5. The summed E-state index contributed by atoms with van der Waals surface area (Å²) in [5.41, 5.74) is 6.16. The lowest BCUT2D eigenvalue weighted by atomic mass is 9.81. The molecule has 4 N–H and O–H groups in total. The molecule has 0 bridgehead atoms. The Morgan fingerprint density at radius 2 is 1.75 bits per heavy atom. The van der Waals surface area contributed by atoms with E-state index >= 15 is 0 Å². The van der Waals surface area contributed by atoms with Crippen molar-refractivity contribution in [1.29, 1.82) is 0 Å². The normalized spacial score (nSPS) is 11.5. The molecule has 24 heavy (non-hydrogen) atoms. The van der Waals surface area contributed by atoms with E-state index in [4.69, 9.17) is 5.73 Å². The second kappa shape index (κ2) is 9.86. The monoisotopic (exact) mass is 377 g/mol. The smallest absolute Gasteiger partial charge is 0.232 e. The summed E-state index contributed by atoms with van der Waals surface area (Å²) in [6.07, 6.45) is 1.83. The number of sulfonamides is 1. The summed E-state index contributed by atoms with van der Waals surface area (Å²) in [7, 11) is -3.36. The Morgan fingerprint density at radius 1 is 1.17 bits per heavy atom. The van der Waals surface area contributed by atoms with E-state index in [1.54, 1.807) is 31.2 Å². The molecule has 1 aromatic carbocycles. The predicted molar refractivity (Wildman–Crippen MR) is 102 cm³/mol. The molecule has 1 aromatic rings. The summed E-state index contributed by atoms with van der Waals surface area (Å²) in [6, 6.07) is 6.68. The summed E-state index contributed by atoms with van der Waals surface area (Å²) in [4.78, 5) is 12.5. The van der Waals surface area contributed by atoms with E-state index in [2.05, 4.69) is 10.0 Å². The van der Waals surface area contributed by atoms with Crippen molar-refractivity contribution >= 4 is 39.7 Å². The Kier molecular flexibility index (Phi) is 9.32. The molecule has 0 aliphatic carbocycles. The van der Waals surface area contributed by atoms with Gasteiger partial charge in [0.1, 0.15) is 0 Å². The lowest BCUT2D eigenvalue weighted by Gasteiger charge is -2.28. The SMILES string of the molecule is CCCS(=O)(=O)Nc1cccc(NC(=O)C(CC)(CC)CN)c1.Cl. The lowest BCUT2D eigenvalue weighted by molar-refractivity contribution is -0.125. The van der Waals surface area contributed by atoms with E-state index in [1.165, 1.54) is 0 Å². The molecule has 0 aromatic heterocycles. The number of hydrogen-bond donors (Lipinski definition) is 3. The van der Waals surface area contributed by atoms with Gasteiger partial charge in [0, 0.05) is 12.2 Å². The van der Waals surface area contributed by atoms with Crippen LogP contribution in [0.15, 0.2) is 24.3 Å². The number of amides is 1. The summed E-state index contributed by atoms with van der Waals surface area (Å²) < 4.78 is 26.1. The van der Waals surface area contributed by atoms with Gasteiger partial charge in [-0.3, -0.25) is 9.52 Å². The van der Waals surface area contributed by atoms with Crippen LogP contribution in [0.3, 0.4) is 0 Å². The third kappa shape index (κ3) is 5.96. The Morgan fingerprint density at radius 3 is 2.25 bits per heavy atom. The van der Waals surface area contributed by atoms with Crippen molar-refractivity contribution in [2.75, 3.05) is 22.3 Å². The molecule has 0 fully saturated rings. The molecule has 0 aliphatic heterocycles. The molecule has 0 heterocycles. The van der Waals surface area contributed by atoms with E-state index in [-0.39, 0.29) is 30.6 Å². The van der Waals surface area contributed by atoms with E-state index in [0.717, 1.165) is 0 Å². The highest BCUT2D eigenvalue weighted by Gasteiger charge is 2.33. The quantitative estimate of drug-likeness (QED) is 0.615. The highest BCUT2D eigenvalue weighted by Crippen LogP contribution is 2.27. The second-order valence-electron chi connectivity index (χ2n) is 5.65. The number of anilines is 2. The second-order valence-corrected chi connectivity index (χ2v) is 7.49. The molecule has 1 amide bonds. The van der Waals surface area contributed by atoms with Gasteiger partial charge in [0.05, 0.1) is 16.9 Å². The Balaban J connectivity index is 0.00000529. The van der Waals surface area contributed by atoms with Gasteiger partial charge in [-0.2, -0.15) is 0 Å². The van der Waals surface area contributed by atoms with Gasteiger partial charge in [-0.25, -0.2) is 8.42 Å². The van der Waals surface area contributed by atoms with E-state index in [9.17, 15) is 13.2 Å². The fourth-order valence-corrected chi connectivity index (χ4v) is 3.50. The summed E-state index contributed by atoms with van der Waals surface area (Å²) >= 11 is 0. The fraction of sp³-hybridized carbons (Fsp3) is 0.562. The molecule has 0 spiro atoms. The number of rotatable bonds is 9. The van der Waals surface area contributed by atoms with Crippen molar-refractivity contribution in [1.82, 2.24) is 0 Å². The maximum Gasteiger partial charge on any atom is 0.232 e. The minimum atomic E-state index is -3.36. The van der Waals surface area contributed by atoms with Gasteiger partial charge >= 0.3 is 0 Å². The van der Waals surface area contributed by atoms with Crippen LogP contribution in [0, 0.1) is 5.41 Å². The van der Waals surface area contributed by atoms with Crippen LogP contribution >= 0.6 is 12.4 Å². The van der Waals surface area contributed by atoms with Crippen molar-refractivity contribution in [3.05, 3.63) is 24.3 Å². The molecule has 1 rings (SSSR count).